The SMILES string of the molecule is CC(C=Pc1ccccc1P=C1C(C)CC2C(C)CC12)CC1CCC1C. The molecule has 0 aliphatic heterocycles. The van der Waals surface area contributed by atoms with Gasteiger partial charge in [-0.2, -0.15) is 0 Å². The van der Waals surface area contributed by atoms with Crippen LogP contribution in [0.25, 0.3) is 0 Å². The molecule has 26 heavy (non-hydrogen) atoms. The highest BCUT2D eigenvalue weighted by Gasteiger charge is 2.47. The van der Waals surface area contributed by atoms with E-state index in [1.807, 2.05) is 5.29 Å². The first-order valence-electron chi connectivity index (χ1n) is 10.7. The third-order valence-corrected chi connectivity index (χ3v) is 10.6. The van der Waals surface area contributed by atoms with Crippen molar-refractivity contribution in [3.63, 3.8) is 0 Å². The topological polar surface area (TPSA) is 0 Å². The molecule has 7 atom stereocenters. The summed E-state index contributed by atoms with van der Waals surface area (Å²) in [6.45, 7) is 9.79. The second kappa shape index (κ2) is 7.89. The quantitative estimate of drug-likeness (QED) is 0.531. The average molecular weight is 384 g/mol. The van der Waals surface area contributed by atoms with E-state index >= 15 is 0 Å². The molecule has 0 heterocycles. The van der Waals surface area contributed by atoms with E-state index in [9.17, 15) is 0 Å². The van der Waals surface area contributed by atoms with Crippen LogP contribution in [-0.2, 0) is 0 Å². The van der Waals surface area contributed by atoms with Gasteiger partial charge in [0.15, 0.2) is 0 Å². The maximum Gasteiger partial charge on any atom is 0.0136 e. The Bertz CT molecular complexity index is 704. The zero-order valence-corrected chi connectivity index (χ0v) is 18.6. The largest absolute Gasteiger partial charge is 0.0716 e. The fourth-order valence-electron chi connectivity index (χ4n) is 5.41. The smallest absolute Gasteiger partial charge is 0.0136 e. The van der Waals surface area contributed by atoms with E-state index in [-0.39, 0.29) is 0 Å². The van der Waals surface area contributed by atoms with Gasteiger partial charge in [0, 0.05) is 10.6 Å². The summed E-state index contributed by atoms with van der Waals surface area (Å²) in [6.07, 6.45) is 7.19. The van der Waals surface area contributed by atoms with Gasteiger partial charge >= 0.3 is 0 Å². The van der Waals surface area contributed by atoms with Gasteiger partial charge in [-0.15, -0.1) is 0 Å². The van der Waals surface area contributed by atoms with Crippen LogP contribution in [0.1, 0.15) is 59.8 Å². The van der Waals surface area contributed by atoms with Gasteiger partial charge in [0.25, 0.3) is 0 Å². The Balaban J connectivity index is 1.48. The average Bonchev–Trinajstić information content (AvgIpc) is 2.88. The van der Waals surface area contributed by atoms with E-state index in [1.165, 1.54) is 53.8 Å². The van der Waals surface area contributed by atoms with Gasteiger partial charge in [-0.25, -0.2) is 0 Å². The number of benzene rings is 1. The van der Waals surface area contributed by atoms with Gasteiger partial charge in [0.1, 0.15) is 0 Å². The third-order valence-electron chi connectivity index (χ3n) is 7.46. The van der Waals surface area contributed by atoms with Crippen LogP contribution in [0, 0.1) is 41.4 Å². The Morgan fingerprint density at radius 1 is 1.04 bits per heavy atom. The molecule has 0 N–H and O–H groups in total. The van der Waals surface area contributed by atoms with Gasteiger partial charge in [0.2, 0.25) is 0 Å². The molecule has 3 aliphatic carbocycles. The summed E-state index contributed by atoms with van der Waals surface area (Å²) in [6, 6.07) is 9.21. The Kier molecular flexibility index (Phi) is 5.74. The molecule has 140 valence electrons. The molecular weight excluding hydrogens is 350 g/mol. The predicted molar refractivity (Wildman–Crippen MR) is 121 cm³/mol. The first kappa shape index (κ1) is 18.9. The van der Waals surface area contributed by atoms with Crippen molar-refractivity contribution < 1.29 is 0 Å². The lowest BCUT2D eigenvalue weighted by Gasteiger charge is -2.38. The first-order valence-corrected chi connectivity index (χ1v) is 12.6. The number of hydrogen-bond donors (Lipinski definition) is 0. The molecule has 0 saturated heterocycles. The van der Waals surface area contributed by atoms with E-state index in [2.05, 4.69) is 57.8 Å². The molecule has 0 nitrogen and oxygen atoms in total. The fraction of sp³-hybridized carbons (Fsp3) is 0.667. The molecule has 7 unspecified atom stereocenters. The molecule has 1 aromatic carbocycles. The van der Waals surface area contributed by atoms with Crippen molar-refractivity contribution in [2.24, 2.45) is 41.4 Å². The lowest BCUT2D eigenvalue weighted by Crippen LogP contribution is -2.33. The molecule has 4 rings (SSSR count). The van der Waals surface area contributed by atoms with Gasteiger partial charge in [-0.1, -0.05) is 68.5 Å². The Hall–Kier alpha value is -0.440. The molecule has 3 saturated carbocycles. The maximum atomic E-state index is 2.57. The minimum Gasteiger partial charge on any atom is -0.0716 e. The van der Waals surface area contributed by atoms with Crippen molar-refractivity contribution in [3.8, 4) is 0 Å². The second-order valence-corrected chi connectivity index (χ2v) is 11.7. The van der Waals surface area contributed by atoms with Gasteiger partial charge in [-0.05, 0) is 84.5 Å². The molecule has 2 heteroatoms. The van der Waals surface area contributed by atoms with Crippen molar-refractivity contribution in [2.75, 3.05) is 0 Å². The van der Waals surface area contributed by atoms with Crippen LogP contribution in [0.2, 0.25) is 0 Å². The molecule has 0 spiro atoms. The Labute approximate surface area is 163 Å². The van der Waals surface area contributed by atoms with E-state index in [4.69, 9.17) is 0 Å². The third kappa shape index (κ3) is 3.75. The molecule has 0 amide bonds. The highest BCUT2D eigenvalue weighted by Crippen LogP contribution is 2.52. The molecular formula is C24H34P2. The summed E-state index contributed by atoms with van der Waals surface area (Å²) in [5.41, 5.74) is 0. The summed E-state index contributed by atoms with van der Waals surface area (Å²) in [4.78, 5) is 0. The van der Waals surface area contributed by atoms with Gasteiger partial charge < -0.3 is 0 Å². The summed E-state index contributed by atoms with van der Waals surface area (Å²) < 4.78 is 0. The summed E-state index contributed by atoms with van der Waals surface area (Å²) in [5.74, 6) is 8.96. The number of rotatable bonds is 5. The van der Waals surface area contributed by atoms with E-state index < -0.39 is 0 Å². The summed E-state index contributed by atoms with van der Waals surface area (Å²) in [5, 5.41) is 4.95. The van der Waals surface area contributed by atoms with E-state index in [0.29, 0.717) is 0 Å². The molecule has 3 fully saturated rings. The zero-order chi connectivity index (χ0) is 18.3. The van der Waals surface area contributed by atoms with Crippen LogP contribution >= 0.6 is 16.4 Å². The minimum absolute atomic E-state index is 0.740. The molecule has 0 radical (unpaired) electrons. The lowest BCUT2D eigenvalue weighted by molar-refractivity contribution is 0.153. The van der Waals surface area contributed by atoms with E-state index in [0.717, 1.165) is 41.4 Å². The van der Waals surface area contributed by atoms with Crippen molar-refractivity contribution >= 4 is 38.1 Å². The normalized spacial score (nSPS) is 38.8. The Morgan fingerprint density at radius 2 is 1.81 bits per heavy atom. The second-order valence-electron chi connectivity index (χ2n) is 9.45. The van der Waals surface area contributed by atoms with Crippen LogP contribution in [0.5, 0.6) is 0 Å². The molecule has 1 aromatic rings. The molecule has 0 aromatic heterocycles. The van der Waals surface area contributed by atoms with Crippen LogP contribution < -0.4 is 10.6 Å². The van der Waals surface area contributed by atoms with Gasteiger partial charge in [0.05, 0.1) is 0 Å². The summed E-state index contributed by atoms with van der Waals surface area (Å²) in [7, 11) is 2.96. The predicted octanol–water partition coefficient (Wildman–Crippen LogP) is 6.19. The van der Waals surface area contributed by atoms with E-state index in [1.54, 1.807) is 5.30 Å². The van der Waals surface area contributed by atoms with Crippen molar-refractivity contribution in [1.29, 1.82) is 0 Å². The lowest BCUT2D eigenvalue weighted by atomic mass is 9.68. The highest BCUT2D eigenvalue weighted by molar-refractivity contribution is 7.55. The van der Waals surface area contributed by atoms with Crippen LogP contribution in [0.4, 0.5) is 0 Å². The number of fused-ring (bicyclic) bond motifs is 1. The van der Waals surface area contributed by atoms with Crippen molar-refractivity contribution in [3.05, 3.63) is 24.3 Å². The maximum absolute atomic E-state index is 2.57. The van der Waals surface area contributed by atoms with Crippen molar-refractivity contribution in [2.45, 2.75) is 59.8 Å². The van der Waals surface area contributed by atoms with Crippen molar-refractivity contribution in [1.82, 2.24) is 0 Å². The minimum atomic E-state index is 0.740. The zero-order valence-electron chi connectivity index (χ0n) is 16.9. The summed E-state index contributed by atoms with van der Waals surface area (Å²) >= 11 is 0. The molecule has 3 aliphatic rings. The fourth-order valence-corrected chi connectivity index (χ4v) is 8.07. The first-order chi connectivity index (χ1) is 12.5. The number of hydrogen-bond acceptors (Lipinski definition) is 0. The monoisotopic (exact) mass is 384 g/mol. The highest BCUT2D eigenvalue weighted by atomic mass is 31.1. The van der Waals surface area contributed by atoms with Crippen LogP contribution in [0.3, 0.4) is 0 Å². The standard InChI is InChI=1S/C24H34P2/c1-15(11-19-10-9-16(19)2)14-25-22-7-5-6-8-23(22)26-24-18(4)13-20-17(3)12-21(20)24/h5-8,14-21H,9-13H2,1-4H3. The molecule has 0 bridgehead atoms. The Morgan fingerprint density at radius 3 is 2.42 bits per heavy atom. The van der Waals surface area contributed by atoms with Gasteiger partial charge in [-0.3, -0.25) is 0 Å². The van der Waals surface area contributed by atoms with Crippen LogP contribution in [0.15, 0.2) is 24.3 Å². The van der Waals surface area contributed by atoms with Crippen LogP contribution in [-0.4, -0.2) is 11.1 Å².